The second-order valence-electron chi connectivity index (χ2n) is 8.25. The number of carbonyl (C=O) groups is 2. The highest BCUT2D eigenvalue weighted by Gasteiger charge is 2.16. The minimum atomic E-state index is -0.463. The van der Waals surface area contributed by atoms with Crippen molar-refractivity contribution in [3.05, 3.63) is 97.6 Å². The monoisotopic (exact) mass is 583 g/mol. The highest BCUT2D eigenvalue weighted by atomic mass is 127. The Hall–Kier alpha value is -3.53. The Morgan fingerprint density at radius 3 is 2.51 bits per heavy atom. The minimum Gasteiger partial charge on any atom is -0.382 e. The molecule has 1 amide bonds. The predicted octanol–water partition coefficient (Wildman–Crippen LogP) is 5.37. The van der Waals surface area contributed by atoms with Crippen LogP contribution in [0.1, 0.15) is 34.6 Å². The van der Waals surface area contributed by atoms with E-state index in [0.717, 1.165) is 5.56 Å². The topological polar surface area (TPSA) is 91.1 Å². The number of Topliss-reactive ketones (excluding diaryl/α,β-unsaturated/α-hetero) is 1. The van der Waals surface area contributed by atoms with Gasteiger partial charge in [0.25, 0.3) is 5.91 Å². The highest BCUT2D eigenvalue weighted by Crippen LogP contribution is 2.26. The predicted molar refractivity (Wildman–Crippen MR) is 145 cm³/mol. The Bertz CT molecular complexity index is 1480. The summed E-state index contributed by atoms with van der Waals surface area (Å²) in [7, 11) is 0. The maximum Gasteiger partial charge on any atom is 0.251 e. The smallest absolute Gasteiger partial charge is 0.251 e. The van der Waals surface area contributed by atoms with Crippen LogP contribution in [-0.2, 0) is 0 Å². The van der Waals surface area contributed by atoms with E-state index in [9.17, 15) is 18.8 Å². The number of nitrogens with one attached hydrogen (secondary N) is 3. The molecule has 1 atom stereocenters. The standard InChI is InChI=1S/C27H23FIN3O3/c1-15(32-27(35)18-8-9-19(21(28)12-18)17-6-4-3-5-7-17)13-30-23-11-10-22-24(25(23)29)26(34)20(14-31-22)16(2)33/h3-12,14-15,30H,13H2,1-2H3,(H,31,34)(H,32,35)/t15-/m0/s1. The number of hydrogen-bond acceptors (Lipinski definition) is 4. The summed E-state index contributed by atoms with van der Waals surface area (Å²) in [4.78, 5) is 40.2. The summed E-state index contributed by atoms with van der Waals surface area (Å²) >= 11 is 2.07. The van der Waals surface area contributed by atoms with Crippen LogP contribution < -0.4 is 16.1 Å². The molecule has 0 aliphatic rings. The maximum atomic E-state index is 14.6. The Labute approximate surface area is 215 Å². The van der Waals surface area contributed by atoms with Gasteiger partial charge in [-0.1, -0.05) is 36.4 Å². The average molecular weight is 583 g/mol. The molecule has 0 bridgehead atoms. The van der Waals surface area contributed by atoms with E-state index in [2.05, 4.69) is 38.2 Å². The summed E-state index contributed by atoms with van der Waals surface area (Å²) in [5.41, 5.74) is 2.55. The lowest BCUT2D eigenvalue weighted by Crippen LogP contribution is -2.37. The van der Waals surface area contributed by atoms with Crippen LogP contribution >= 0.6 is 22.6 Å². The number of amides is 1. The molecule has 0 spiro atoms. The third-order valence-corrected chi connectivity index (χ3v) is 6.78. The van der Waals surface area contributed by atoms with Crippen molar-refractivity contribution in [1.29, 1.82) is 0 Å². The number of aromatic nitrogens is 1. The number of pyridine rings is 1. The summed E-state index contributed by atoms with van der Waals surface area (Å²) in [6.07, 6.45) is 1.43. The van der Waals surface area contributed by atoms with E-state index in [4.69, 9.17) is 0 Å². The van der Waals surface area contributed by atoms with Crippen molar-refractivity contribution < 1.29 is 14.0 Å². The molecule has 35 heavy (non-hydrogen) atoms. The van der Waals surface area contributed by atoms with Gasteiger partial charge in [-0.25, -0.2) is 4.39 Å². The number of hydrogen-bond donors (Lipinski definition) is 3. The molecule has 0 saturated carbocycles. The zero-order valence-electron chi connectivity index (χ0n) is 19.1. The van der Waals surface area contributed by atoms with Crippen LogP contribution in [0.5, 0.6) is 0 Å². The fourth-order valence-electron chi connectivity index (χ4n) is 3.80. The van der Waals surface area contributed by atoms with Crippen molar-refractivity contribution in [3.8, 4) is 11.1 Å². The summed E-state index contributed by atoms with van der Waals surface area (Å²) in [5, 5.41) is 6.55. The second-order valence-corrected chi connectivity index (χ2v) is 9.33. The fourth-order valence-corrected chi connectivity index (χ4v) is 4.70. The van der Waals surface area contributed by atoms with Crippen LogP contribution in [0.3, 0.4) is 0 Å². The number of H-pyrrole nitrogens is 1. The van der Waals surface area contributed by atoms with Crippen molar-refractivity contribution in [2.24, 2.45) is 0 Å². The summed E-state index contributed by atoms with van der Waals surface area (Å²) in [6, 6.07) is 16.9. The third-order valence-electron chi connectivity index (χ3n) is 5.66. The molecule has 0 radical (unpaired) electrons. The van der Waals surface area contributed by atoms with E-state index in [1.54, 1.807) is 18.2 Å². The summed E-state index contributed by atoms with van der Waals surface area (Å²) < 4.78 is 15.3. The number of benzene rings is 3. The molecule has 0 aliphatic carbocycles. The van der Waals surface area contributed by atoms with E-state index in [1.165, 1.54) is 19.2 Å². The highest BCUT2D eigenvalue weighted by molar-refractivity contribution is 14.1. The van der Waals surface area contributed by atoms with E-state index in [0.29, 0.717) is 32.3 Å². The largest absolute Gasteiger partial charge is 0.382 e. The van der Waals surface area contributed by atoms with E-state index in [-0.39, 0.29) is 34.3 Å². The van der Waals surface area contributed by atoms with Gasteiger partial charge >= 0.3 is 0 Å². The Morgan fingerprint density at radius 1 is 1.09 bits per heavy atom. The molecule has 1 heterocycles. The molecule has 4 aromatic rings. The number of ketones is 1. The van der Waals surface area contributed by atoms with Crippen LogP contribution in [0.2, 0.25) is 0 Å². The van der Waals surface area contributed by atoms with Gasteiger partial charge in [0.05, 0.1) is 16.5 Å². The van der Waals surface area contributed by atoms with Crippen molar-refractivity contribution in [2.75, 3.05) is 11.9 Å². The molecule has 4 rings (SSSR count). The SMILES string of the molecule is CC(=O)c1c[nH]c2ccc(NC[C@H](C)NC(=O)c3ccc(-c4ccccc4)c(F)c3)c(I)c2c1=O. The lowest BCUT2D eigenvalue weighted by Gasteiger charge is -2.17. The first kappa shape index (κ1) is 24.6. The number of anilines is 1. The minimum absolute atomic E-state index is 0.110. The van der Waals surface area contributed by atoms with Crippen molar-refractivity contribution in [2.45, 2.75) is 19.9 Å². The van der Waals surface area contributed by atoms with Gasteiger partial charge in [-0.3, -0.25) is 14.4 Å². The molecule has 0 saturated heterocycles. The molecular formula is C27H23FIN3O3. The van der Waals surface area contributed by atoms with Crippen LogP contribution in [0.25, 0.3) is 22.0 Å². The van der Waals surface area contributed by atoms with Gasteiger partial charge in [0.15, 0.2) is 5.78 Å². The lowest BCUT2D eigenvalue weighted by atomic mass is 10.0. The first-order valence-electron chi connectivity index (χ1n) is 11.0. The molecule has 1 aromatic heterocycles. The van der Waals surface area contributed by atoms with Gasteiger partial charge < -0.3 is 15.6 Å². The first-order chi connectivity index (χ1) is 16.8. The van der Waals surface area contributed by atoms with Crippen molar-refractivity contribution in [1.82, 2.24) is 10.3 Å². The van der Waals surface area contributed by atoms with Gasteiger partial charge in [0.1, 0.15) is 5.82 Å². The number of fused-ring (bicyclic) bond motifs is 1. The molecule has 3 aromatic carbocycles. The molecule has 0 aliphatic heterocycles. The van der Waals surface area contributed by atoms with Gasteiger partial charge in [-0.05, 0) is 66.3 Å². The molecule has 6 nitrogen and oxygen atoms in total. The van der Waals surface area contributed by atoms with Crippen LogP contribution in [0.15, 0.2) is 71.7 Å². The molecule has 8 heteroatoms. The zero-order valence-corrected chi connectivity index (χ0v) is 21.3. The normalized spacial score (nSPS) is 11.8. The molecule has 0 fully saturated rings. The van der Waals surface area contributed by atoms with Gasteiger partial charge in [-0.2, -0.15) is 0 Å². The lowest BCUT2D eigenvalue weighted by molar-refractivity contribution is 0.0940. The Morgan fingerprint density at radius 2 is 1.83 bits per heavy atom. The van der Waals surface area contributed by atoms with E-state index < -0.39 is 5.82 Å². The Balaban J connectivity index is 1.45. The number of rotatable bonds is 7. The first-order valence-corrected chi connectivity index (χ1v) is 12.1. The zero-order chi connectivity index (χ0) is 25.1. The Kier molecular flexibility index (Phi) is 7.30. The molecule has 3 N–H and O–H groups in total. The van der Waals surface area contributed by atoms with Crippen LogP contribution in [0.4, 0.5) is 10.1 Å². The number of aromatic amines is 1. The summed E-state index contributed by atoms with van der Waals surface area (Å²) in [6.45, 7) is 3.56. The van der Waals surface area contributed by atoms with E-state index in [1.807, 2.05) is 43.3 Å². The third kappa shape index (κ3) is 5.27. The maximum absolute atomic E-state index is 14.6. The van der Waals surface area contributed by atoms with Gasteiger partial charge in [0.2, 0.25) is 5.43 Å². The van der Waals surface area contributed by atoms with E-state index >= 15 is 0 Å². The number of carbonyl (C=O) groups excluding carboxylic acids is 2. The second kappa shape index (κ2) is 10.4. The fraction of sp³-hybridized carbons (Fsp3) is 0.148. The quantitative estimate of drug-likeness (QED) is 0.202. The van der Waals surface area contributed by atoms with Crippen LogP contribution in [-0.4, -0.2) is 29.3 Å². The van der Waals surface area contributed by atoms with Gasteiger partial charge in [-0.15, -0.1) is 0 Å². The number of halogens is 2. The summed E-state index contributed by atoms with van der Waals surface area (Å²) in [5.74, 6) is -1.14. The molecule has 0 unspecified atom stereocenters. The van der Waals surface area contributed by atoms with Gasteiger partial charge in [0, 0.05) is 39.2 Å². The van der Waals surface area contributed by atoms with Crippen LogP contribution in [0, 0.1) is 9.39 Å². The molecule has 178 valence electrons. The van der Waals surface area contributed by atoms with Crippen molar-refractivity contribution >= 4 is 50.9 Å². The average Bonchev–Trinajstić information content (AvgIpc) is 2.84. The van der Waals surface area contributed by atoms with Crippen molar-refractivity contribution in [3.63, 3.8) is 0 Å². The molecular weight excluding hydrogens is 560 g/mol.